The van der Waals surface area contributed by atoms with Crippen molar-refractivity contribution in [2.75, 3.05) is 18.2 Å². The van der Waals surface area contributed by atoms with Crippen LogP contribution in [0.4, 0.5) is 0 Å². The van der Waals surface area contributed by atoms with E-state index >= 15 is 0 Å². The lowest BCUT2D eigenvalue weighted by molar-refractivity contribution is 0.217. The molecule has 15 heavy (non-hydrogen) atoms. The molecule has 0 heterocycles. The summed E-state index contributed by atoms with van der Waals surface area (Å²) >= 11 is 5.42. The molecule has 0 aromatic carbocycles. The standard InChI is InChI=1S/C10H20ClO3P/c11-6-10(12)8-15(13,14)7-9-4-2-1-3-5-9/h9-10,12H,1-8H2,(H,13,14). The van der Waals surface area contributed by atoms with E-state index in [1.807, 2.05) is 0 Å². The van der Waals surface area contributed by atoms with Gasteiger partial charge in [0.05, 0.1) is 12.3 Å². The molecule has 1 saturated carbocycles. The molecule has 2 atom stereocenters. The summed E-state index contributed by atoms with van der Waals surface area (Å²) < 4.78 is 11.8. The number of alkyl halides is 1. The highest BCUT2D eigenvalue weighted by molar-refractivity contribution is 7.58. The minimum absolute atomic E-state index is 0.0369. The van der Waals surface area contributed by atoms with Crippen LogP contribution < -0.4 is 0 Å². The van der Waals surface area contributed by atoms with Crippen LogP contribution in [0, 0.1) is 5.92 Å². The van der Waals surface area contributed by atoms with Crippen molar-refractivity contribution in [3.8, 4) is 0 Å². The number of halogens is 1. The van der Waals surface area contributed by atoms with Gasteiger partial charge < -0.3 is 10.00 Å². The van der Waals surface area contributed by atoms with Crippen LogP contribution in [0.2, 0.25) is 0 Å². The van der Waals surface area contributed by atoms with Gasteiger partial charge in [-0.25, -0.2) is 0 Å². The summed E-state index contributed by atoms with van der Waals surface area (Å²) in [5.74, 6) is 0.409. The predicted octanol–water partition coefficient (Wildman–Crippen LogP) is 2.44. The highest BCUT2D eigenvalue weighted by Crippen LogP contribution is 2.45. The second kappa shape index (κ2) is 6.24. The van der Waals surface area contributed by atoms with Crippen molar-refractivity contribution in [2.45, 2.75) is 38.2 Å². The number of aliphatic hydroxyl groups excluding tert-OH is 1. The molecular weight excluding hydrogens is 235 g/mol. The van der Waals surface area contributed by atoms with Gasteiger partial charge in [-0.05, 0) is 18.8 Å². The third-order valence-corrected chi connectivity index (χ3v) is 5.38. The van der Waals surface area contributed by atoms with Gasteiger partial charge in [-0.15, -0.1) is 11.6 Å². The Kier molecular flexibility index (Phi) is 5.62. The molecule has 1 fully saturated rings. The summed E-state index contributed by atoms with van der Waals surface area (Å²) in [4.78, 5) is 9.71. The maximum atomic E-state index is 11.8. The Morgan fingerprint density at radius 3 is 2.47 bits per heavy atom. The third-order valence-electron chi connectivity index (χ3n) is 2.94. The first-order valence-corrected chi connectivity index (χ1v) is 8.15. The Morgan fingerprint density at radius 1 is 1.33 bits per heavy atom. The molecule has 1 rings (SSSR count). The van der Waals surface area contributed by atoms with E-state index < -0.39 is 13.5 Å². The number of aliphatic hydroxyl groups is 1. The van der Waals surface area contributed by atoms with E-state index in [0.717, 1.165) is 12.8 Å². The highest BCUT2D eigenvalue weighted by Gasteiger charge is 2.27. The molecule has 3 nitrogen and oxygen atoms in total. The lowest BCUT2D eigenvalue weighted by Crippen LogP contribution is -2.19. The van der Waals surface area contributed by atoms with Gasteiger partial charge in [0, 0.05) is 12.0 Å². The predicted molar refractivity (Wildman–Crippen MR) is 62.9 cm³/mol. The Bertz CT molecular complexity index is 229. The summed E-state index contributed by atoms with van der Waals surface area (Å²) in [6, 6.07) is 0. The van der Waals surface area contributed by atoms with Gasteiger partial charge in [-0.2, -0.15) is 0 Å². The second-order valence-electron chi connectivity index (χ2n) is 4.52. The largest absolute Gasteiger partial charge is 0.391 e. The first-order valence-electron chi connectivity index (χ1n) is 5.58. The van der Waals surface area contributed by atoms with Crippen molar-refractivity contribution in [3.05, 3.63) is 0 Å². The molecule has 0 spiro atoms. The maximum Gasteiger partial charge on any atom is 0.203 e. The summed E-state index contributed by atoms with van der Waals surface area (Å²) in [7, 11) is -3.17. The van der Waals surface area contributed by atoms with E-state index in [2.05, 4.69) is 0 Å². The molecule has 2 N–H and O–H groups in total. The van der Waals surface area contributed by atoms with Gasteiger partial charge in [0.15, 0.2) is 0 Å². The molecular formula is C10H20ClO3P. The lowest BCUT2D eigenvalue weighted by atomic mass is 9.91. The molecule has 5 heteroatoms. The van der Waals surface area contributed by atoms with Crippen LogP contribution in [-0.4, -0.2) is 34.3 Å². The summed E-state index contributed by atoms with van der Waals surface area (Å²) in [5, 5.41) is 9.26. The van der Waals surface area contributed by atoms with E-state index in [4.69, 9.17) is 11.6 Å². The Morgan fingerprint density at radius 2 is 1.93 bits per heavy atom. The van der Waals surface area contributed by atoms with Crippen LogP contribution in [0.5, 0.6) is 0 Å². The van der Waals surface area contributed by atoms with Crippen LogP contribution in [0.3, 0.4) is 0 Å². The molecule has 0 bridgehead atoms. The minimum Gasteiger partial charge on any atom is -0.391 e. The SMILES string of the molecule is O=P(O)(CC(O)CCl)CC1CCCCC1. The molecule has 1 aliphatic rings. The maximum absolute atomic E-state index is 11.8. The van der Waals surface area contributed by atoms with Crippen LogP contribution in [-0.2, 0) is 4.57 Å². The van der Waals surface area contributed by atoms with Crippen molar-refractivity contribution in [1.29, 1.82) is 0 Å². The fraction of sp³-hybridized carbons (Fsp3) is 1.00. The topological polar surface area (TPSA) is 57.5 Å². The van der Waals surface area contributed by atoms with Gasteiger partial charge >= 0.3 is 0 Å². The third kappa shape index (κ3) is 5.35. The van der Waals surface area contributed by atoms with E-state index in [9.17, 15) is 14.6 Å². The van der Waals surface area contributed by atoms with Gasteiger partial charge in [0.25, 0.3) is 0 Å². The average Bonchev–Trinajstić information content (AvgIpc) is 2.17. The summed E-state index contributed by atoms with van der Waals surface area (Å²) in [5.41, 5.74) is 0. The van der Waals surface area contributed by atoms with Crippen molar-refractivity contribution >= 4 is 19.0 Å². The van der Waals surface area contributed by atoms with Crippen molar-refractivity contribution in [1.82, 2.24) is 0 Å². The zero-order valence-electron chi connectivity index (χ0n) is 8.94. The van der Waals surface area contributed by atoms with E-state index in [-0.39, 0.29) is 12.0 Å². The molecule has 0 aromatic rings. The summed E-state index contributed by atoms with van der Waals surface area (Å²) in [6.45, 7) is 0. The normalized spacial score (nSPS) is 24.7. The van der Waals surface area contributed by atoms with E-state index in [0.29, 0.717) is 12.1 Å². The molecule has 0 aliphatic heterocycles. The monoisotopic (exact) mass is 254 g/mol. The van der Waals surface area contributed by atoms with Crippen LogP contribution >= 0.6 is 19.0 Å². The molecule has 1 aliphatic carbocycles. The minimum atomic E-state index is -3.17. The quantitative estimate of drug-likeness (QED) is 0.585. The molecule has 0 radical (unpaired) electrons. The van der Waals surface area contributed by atoms with Crippen molar-refractivity contribution < 1.29 is 14.6 Å². The first kappa shape index (κ1) is 13.5. The van der Waals surface area contributed by atoms with Gasteiger partial charge in [-0.1, -0.05) is 19.3 Å². The van der Waals surface area contributed by atoms with Gasteiger partial charge in [0.2, 0.25) is 7.37 Å². The zero-order chi connectivity index (χ0) is 11.3. The lowest BCUT2D eigenvalue weighted by Gasteiger charge is -2.24. The molecule has 90 valence electrons. The van der Waals surface area contributed by atoms with Crippen molar-refractivity contribution in [3.63, 3.8) is 0 Å². The van der Waals surface area contributed by atoms with Crippen molar-refractivity contribution in [2.24, 2.45) is 5.92 Å². The number of rotatable bonds is 5. The number of hydrogen-bond donors (Lipinski definition) is 2. The fourth-order valence-corrected chi connectivity index (χ4v) is 4.60. The van der Waals surface area contributed by atoms with Crippen LogP contribution in [0.1, 0.15) is 32.1 Å². The summed E-state index contributed by atoms with van der Waals surface area (Å²) in [6.07, 6.45) is 5.17. The van der Waals surface area contributed by atoms with Crippen LogP contribution in [0.15, 0.2) is 0 Å². The van der Waals surface area contributed by atoms with Crippen LogP contribution in [0.25, 0.3) is 0 Å². The first-order chi connectivity index (χ1) is 7.03. The average molecular weight is 255 g/mol. The molecule has 0 aromatic heterocycles. The van der Waals surface area contributed by atoms with Gasteiger partial charge in [0.1, 0.15) is 0 Å². The highest BCUT2D eigenvalue weighted by atomic mass is 35.5. The smallest absolute Gasteiger partial charge is 0.203 e. The molecule has 0 amide bonds. The van der Waals surface area contributed by atoms with E-state index in [1.54, 1.807) is 0 Å². The molecule has 2 unspecified atom stereocenters. The molecule has 0 saturated heterocycles. The van der Waals surface area contributed by atoms with Gasteiger partial charge in [-0.3, -0.25) is 4.57 Å². The Balaban J connectivity index is 2.36. The fourth-order valence-electron chi connectivity index (χ4n) is 2.23. The second-order valence-corrected chi connectivity index (χ2v) is 7.26. The van der Waals surface area contributed by atoms with E-state index in [1.165, 1.54) is 19.3 Å². The zero-order valence-corrected chi connectivity index (χ0v) is 10.6. The number of hydrogen-bond acceptors (Lipinski definition) is 2. The Labute approximate surface area is 96.3 Å². The Hall–Kier alpha value is 0.440.